The summed E-state index contributed by atoms with van der Waals surface area (Å²) in [5, 5.41) is 33.1. The Balaban J connectivity index is 1.73. The zero-order valence-corrected chi connectivity index (χ0v) is 13.3. The van der Waals surface area contributed by atoms with Gasteiger partial charge < -0.3 is 15.5 Å². The third-order valence-electron chi connectivity index (χ3n) is 3.68. The molecule has 8 heteroatoms. The molecule has 1 heterocycles. The number of phenolic OH excluding ortho intramolecular Hbond substituents is 1. The minimum atomic E-state index is -1.01. The number of anilines is 1. The molecule has 0 amide bonds. The summed E-state index contributed by atoms with van der Waals surface area (Å²) in [5.74, 6) is -0.590. The smallest absolute Gasteiger partial charge is 0.326 e. The summed E-state index contributed by atoms with van der Waals surface area (Å²) in [6.45, 7) is 0.432. The van der Waals surface area contributed by atoms with Crippen molar-refractivity contribution >= 4 is 11.9 Å². The number of rotatable bonds is 7. The van der Waals surface area contributed by atoms with Crippen LogP contribution in [0.2, 0.25) is 0 Å². The molecule has 0 saturated carbocycles. The SMILES string of the molecule is O=C(O)C(Cc1ccc(O)cc1)Nc1nnnn1Cc1ccccc1. The Bertz CT molecular complexity index is 833. The molecule has 3 N–H and O–H groups in total. The van der Waals surface area contributed by atoms with Crippen molar-refractivity contribution < 1.29 is 15.0 Å². The summed E-state index contributed by atoms with van der Waals surface area (Å²) < 4.78 is 1.52. The lowest BCUT2D eigenvalue weighted by Gasteiger charge is -2.15. The summed E-state index contributed by atoms with van der Waals surface area (Å²) >= 11 is 0. The zero-order valence-electron chi connectivity index (χ0n) is 13.3. The van der Waals surface area contributed by atoms with Gasteiger partial charge in [0, 0.05) is 6.42 Å². The summed E-state index contributed by atoms with van der Waals surface area (Å²) in [6.07, 6.45) is 0.230. The number of carboxylic acids is 1. The van der Waals surface area contributed by atoms with Gasteiger partial charge in [-0.3, -0.25) is 0 Å². The first-order valence-electron chi connectivity index (χ1n) is 7.69. The molecule has 1 atom stereocenters. The van der Waals surface area contributed by atoms with Gasteiger partial charge in [-0.15, -0.1) is 0 Å². The van der Waals surface area contributed by atoms with E-state index in [2.05, 4.69) is 20.8 Å². The number of phenols is 1. The van der Waals surface area contributed by atoms with E-state index in [4.69, 9.17) is 0 Å². The largest absolute Gasteiger partial charge is 0.508 e. The van der Waals surface area contributed by atoms with Crippen LogP contribution in [0, 0.1) is 0 Å². The van der Waals surface area contributed by atoms with Crippen LogP contribution >= 0.6 is 0 Å². The van der Waals surface area contributed by atoms with E-state index >= 15 is 0 Å². The quantitative estimate of drug-likeness (QED) is 0.598. The Morgan fingerprint density at radius 3 is 2.48 bits per heavy atom. The number of nitrogens with zero attached hydrogens (tertiary/aromatic N) is 4. The third kappa shape index (κ3) is 4.31. The van der Waals surface area contributed by atoms with E-state index in [-0.39, 0.29) is 18.1 Å². The Morgan fingerprint density at radius 2 is 1.80 bits per heavy atom. The van der Waals surface area contributed by atoms with Gasteiger partial charge >= 0.3 is 5.97 Å². The molecular weight excluding hydrogens is 322 g/mol. The number of hydrogen-bond acceptors (Lipinski definition) is 6. The van der Waals surface area contributed by atoms with E-state index in [1.54, 1.807) is 12.1 Å². The maximum atomic E-state index is 11.6. The fraction of sp³-hybridized carbons (Fsp3) is 0.176. The van der Waals surface area contributed by atoms with Crippen molar-refractivity contribution in [2.24, 2.45) is 0 Å². The molecule has 0 aliphatic heterocycles. The van der Waals surface area contributed by atoms with Gasteiger partial charge in [0.25, 0.3) is 0 Å². The average Bonchev–Trinajstić information content (AvgIpc) is 3.04. The van der Waals surface area contributed by atoms with Crippen molar-refractivity contribution in [2.75, 3.05) is 5.32 Å². The minimum Gasteiger partial charge on any atom is -0.508 e. The molecule has 0 aliphatic rings. The molecule has 0 fully saturated rings. The molecule has 1 unspecified atom stereocenters. The van der Waals surface area contributed by atoms with Crippen LogP contribution in [0.5, 0.6) is 5.75 Å². The monoisotopic (exact) mass is 339 g/mol. The van der Waals surface area contributed by atoms with Crippen molar-refractivity contribution in [1.29, 1.82) is 0 Å². The summed E-state index contributed by atoms with van der Waals surface area (Å²) in [5.41, 5.74) is 1.78. The average molecular weight is 339 g/mol. The van der Waals surface area contributed by atoms with E-state index in [9.17, 15) is 15.0 Å². The Morgan fingerprint density at radius 1 is 1.08 bits per heavy atom. The van der Waals surface area contributed by atoms with Gasteiger partial charge in [0.15, 0.2) is 0 Å². The molecule has 0 saturated heterocycles. The molecule has 1 aromatic heterocycles. The summed E-state index contributed by atoms with van der Waals surface area (Å²) in [4.78, 5) is 11.6. The number of aromatic hydroxyl groups is 1. The topological polar surface area (TPSA) is 113 Å². The van der Waals surface area contributed by atoms with E-state index in [0.29, 0.717) is 6.54 Å². The number of carboxylic acid groups (broad SMARTS) is 1. The predicted octanol–water partition coefficient (Wildman–Crippen LogP) is 1.53. The fourth-order valence-corrected chi connectivity index (χ4v) is 2.39. The van der Waals surface area contributed by atoms with Crippen molar-refractivity contribution in [3.8, 4) is 5.75 Å². The highest BCUT2D eigenvalue weighted by Crippen LogP contribution is 2.14. The van der Waals surface area contributed by atoms with Crippen molar-refractivity contribution in [2.45, 2.75) is 19.0 Å². The van der Waals surface area contributed by atoms with E-state index in [1.165, 1.54) is 16.8 Å². The van der Waals surface area contributed by atoms with Crippen molar-refractivity contribution in [3.63, 3.8) is 0 Å². The molecule has 0 bridgehead atoms. The second kappa shape index (κ2) is 7.43. The summed E-state index contributed by atoms with van der Waals surface area (Å²) in [6, 6.07) is 15.1. The number of aromatic nitrogens is 4. The normalized spacial score (nSPS) is 11.8. The van der Waals surface area contributed by atoms with Gasteiger partial charge in [-0.2, -0.15) is 0 Å². The molecule has 0 radical (unpaired) electrons. The highest BCUT2D eigenvalue weighted by molar-refractivity contribution is 5.77. The minimum absolute atomic E-state index is 0.135. The number of carbonyl (C=O) groups is 1. The maximum Gasteiger partial charge on any atom is 0.326 e. The highest BCUT2D eigenvalue weighted by Gasteiger charge is 2.21. The molecule has 2 aromatic carbocycles. The van der Waals surface area contributed by atoms with Crippen molar-refractivity contribution in [1.82, 2.24) is 20.2 Å². The second-order valence-corrected chi connectivity index (χ2v) is 5.55. The molecule has 0 spiro atoms. The number of tetrazole rings is 1. The molecular formula is C17H17N5O3. The lowest BCUT2D eigenvalue weighted by molar-refractivity contribution is -0.137. The Labute approximate surface area is 143 Å². The fourth-order valence-electron chi connectivity index (χ4n) is 2.39. The molecule has 0 aliphatic carbocycles. The van der Waals surface area contributed by atoms with Crippen molar-refractivity contribution in [3.05, 3.63) is 65.7 Å². The lowest BCUT2D eigenvalue weighted by atomic mass is 10.1. The molecule has 128 valence electrons. The van der Waals surface area contributed by atoms with Crippen LogP contribution in [0.3, 0.4) is 0 Å². The van der Waals surface area contributed by atoms with Gasteiger partial charge in [0.2, 0.25) is 5.95 Å². The lowest BCUT2D eigenvalue weighted by Crippen LogP contribution is -2.33. The second-order valence-electron chi connectivity index (χ2n) is 5.55. The first-order chi connectivity index (χ1) is 12.1. The van der Waals surface area contributed by atoms with E-state index in [1.807, 2.05) is 30.3 Å². The van der Waals surface area contributed by atoms with E-state index < -0.39 is 12.0 Å². The van der Waals surface area contributed by atoms with Crippen LogP contribution in [0.15, 0.2) is 54.6 Å². The first-order valence-corrected chi connectivity index (χ1v) is 7.69. The van der Waals surface area contributed by atoms with Crippen LogP contribution < -0.4 is 5.32 Å². The van der Waals surface area contributed by atoms with Gasteiger partial charge in [0.05, 0.1) is 6.54 Å². The van der Waals surface area contributed by atoms with E-state index in [0.717, 1.165) is 11.1 Å². The highest BCUT2D eigenvalue weighted by atomic mass is 16.4. The van der Waals surface area contributed by atoms with Crippen LogP contribution in [-0.2, 0) is 17.8 Å². The number of benzene rings is 2. The van der Waals surface area contributed by atoms with Gasteiger partial charge in [-0.1, -0.05) is 47.6 Å². The van der Waals surface area contributed by atoms with Gasteiger partial charge in [-0.05, 0) is 33.7 Å². The molecule has 3 rings (SSSR count). The maximum absolute atomic E-state index is 11.6. The standard InChI is InChI=1S/C17H17N5O3/c23-14-8-6-12(7-9-14)10-15(16(24)25)18-17-19-20-21-22(17)11-13-4-2-1-3-5-13/h1-9,15,23H,10-11H2,(H,24,25)(H,18,19,21). The molecule has 25 heavy (non-hydrogen) atoms. The zero-order chi connectivity index (χ0) is 17.6. The van der Waals surface area contributed by atoms with Gasteiger partial charge in [-0.25, -0.2) is 9.48 Å². The van der Waals surface area contributed by atoms with Crippen LogP contribution in [0.4, 0.5) is 5.95 Å². The van der Waals surface area contributed by atoms with Crippen LogP contribution in [-0.4, -0.2) is 42.4 Å². The predicted molar refractivity (Wildman–Crippen MR) is 90.2 cm³/mol. The van der Waals surface area contributed by atoms with Gasteiger partial charge in [0.1, 0.15) is 11.8 Å². The Hall–Kier alpha value is -3.42. The Kier molecular flexibility index (Phi) is 4.89. The molecule has 8 nitrogen and oxygen atoms in total. The van der Waals surface area contributed by atoms with Crippen LogP contribution in [0.25, 0.3) is 0 Å². The summed E-state index contributed by atoms with van der Waals surface area (Å²) in [7, 11) is 0. The number of nitrogens with one attached hydrogen (secondary N) is 1. The first kappa shape index (κ1) is 16.4. The third-order valence-corrected chi connectivity index (χ3v) is 3.68. The molecule has 3 aromatic rings. The number of aliphatic carboxylic acids is 1. The van der Waals surface area contributed by atoms with Crippen LogP contribution in [0.1, 0.15) is 11.1 Å². The number of hydrogen-bond donors (Lipinski definition) is 3.